The molecule has 2 heteroatoms. The third-order valence-electron chi connectivity index (χ3n) is 4.01. The van der Waals surface area contributed by atoms with E-state index in [1.54, 1.807) is 0 Å². The maximum Gasteiger partial charge on any atom is 0.00948 e. The van der Waals surface area contributed by atoms with Crippen LogP contribution in [0.15, 0.2) is 0 Å². The lowest BCUT2D eigenvalue weighted by Crippen LogP contribution is -2.41. The van der Waals surface area contributed by atoms with Gasteiger partial charge in [0.25, 0.3) is 0 Å². The van der Waals surface area contributed by atoms with E-state index in [1.807, 2.05) is 0 Å². The van der Waals surface area contributed by atoms with Crippen LogP contribution in [-0.2, 0) is 0 Å². The highest BCUT2D eigenvalue weighted by molar-refractivity contribution is 4.79. The minimum atomic E-state index is 0.313. The molecule has 1 aliphatic rings. The van der Waals surface area contributed by atoms with Gasteiger partial charge in [-0.3, -0.25) is 0 Å². The van der Waals surface area contributed by atoms with E-state index < -0.39 is 0 Å². The topological polar surface area (TPSA) is 29.3 Å². The predicted octanol–water partition coefficient (Wildman–Crippen LogP) is 2.48. The summed E-state index contributed by atoms with van der Waals surface area (Å²) in [6.07, 6.45) is 5.59. The molecule has 4 unspecified atom stereocenters. The molecule has 0 spiro atoms. The van der Waals surface area contributed by atoms with Crippen LogP contribution in [0.1, 0.15) is 46.5 Å². The van der Waals surface area contributed by atoms with Crippen molar-refractivity contribution >= 4 is 0 Å². The average Bonchev–Trinajstić information content (AvgIpc) is 2.17. The standard InChI is InChI=1S/C13H28N2/c1-10-6-5-7-13(8-10)15(4)9-11(2)12(3)14/h10-13H,5-9,14H2,1-4H3. The molecule has 2 N–H and O–H groups in total. The molecule has 0 aromatic carbocycles. The summed E-state index contributed by atoms with van der Waals surface area (Å²) >= 11 is 0. The highest BCUT2D eigenvalue weighted by Gasteiger charge is 2.23. The Bertz CT molecular complexity index is 179. The molecule has 1 aliphatic carbocycles. The van der Waals surface area contributed by atoms with Crippen LogP contribution in [-0.4, -0.2) is 30.6 Å². The number of hydrogen-bond donors (Lipinski definition) is 1. The molecule has 0 aromatic rings. The van der Waals surface area contributed by atoms with Crippen LogP contribution in [0.25, 0.3) is 0 Å². The molecule has 0 radical (unpaired) electrons. The second kappa shape index (κ2) is 5.86. The van der Waals surface area contributed by atoms with E-state index in [9.17, 15) is 0 Å². The summed E-state index contributed by atoms with van der Waals surface area (Å²) in [6, 6.07) is 1.11. The van der Waals surface area contributed by atoms with Gasteiger partial charge in [0.1, 0.15) is 0 Å². The normalized spacial score (nSPS) is 31.6. The Labute approximate surface area is 95.2 Å². The van der Waals surface area contributed by atoms with E-state index in [-0.39, 0.29) is 0 Å². The van der Waals surface area contributed by atoms with Gasteiger partial charge in [-0.25, -0.2) is 0 Å². The Morgan fingerprint density at radius 1 is 1.33 bits per heavy atom. The zero-order chi connectivity index (χ0) is 11.4. The van der Waals surface area contributed by atoms with Gasteiger partial charge < -0.3 is 10.6 Å². The van der Waals surface area contributed by atoms with E-state index in [0.29, 0.717) is 12.0 Å². The molecule has 0 aromatic heterocycles. The largest absolute Gasteiger partial charge is 0.328 e. The highest BCUT2D eigenvalue weighted by Crippen LogP contribution is 2.27. The number of rotatable bonds is 4. The van der Waals surface area contributed by atoms with Crippen molar-refractivity contribution in [2.24, 2.45) is 17.6 Å². The van der Waals surface area contributed by atoms with Crippen LogP contribution in [0.5, 0.6) is 0 Å². The van der Waals surface area contributed by atoms with Gasteiger partial charge in [0.05, 0.1) is 0 Å². The van der Waals surface area contributed by atoms with E-state index in [4.69, 9.17) is 5.73 Å². The molecule has 90 valence electrons. The second-order valence-electron chi connectivity index (χ2n) is 5.70. The smallest absolute Gasteiger partial charge is 0.00948 e. The van der Waals surface area contributed by atoms with E-state index in [0.717, 1.165) is 18.5 Å². The van der Waals surface area contributed by atoms with Gasteiger partial charge in [-0.2, -0.15) is 0 Å². The number of nitrogens with zero attached hydrogens (tertiary/aromatic N) is 1. The van der Waals surface area contributed by atoms with E-state index >= 15 is 0 Å². The second-order valence-corrected chi connectivity index (χ2v) is 5.70. The third-order valence-corrected chi connectivity index (χ3v) is 4.01. The molecule has 2 nitrogen and oxygen atoms in total. The molecule has 1 fully saturated rings. The highest BCUT2D eigenvalue weighted by atomic mass is 15.1. The first-order valence-corrected chi connectivity index (χ1v) is 6.46. The molecule has 1 rings (SSSR count). The zero-order valence-corrected chi connectivity index (χ0v) is 10.9. The van der Waals surface area contributed by atoms with Crippen LogP contribution in [0.4, 0.5) is 0 Å². The summed E-state index contributed by atoms with van der Waals surface area (Å²) in [7, 11) is 2.27. The molecule has 1 saturated carbocycles. The first-order valence-electron chi connectivity index (χ1n) is 6.46. The molecule has 0 heterocycles. The molecule has 0 bridgehead atoms. The monoisotopic (exact) mass is 212 g/mol. The molecule has 0 aliphatic heterocycles. The van der Waals surface area contributed by atoms with Crippen molar-refractivity contribution < 1.29 is 0 Å². The molecular formula is C13H28N2. The maximum atomic E-state index is 5.91. The zero-order valence-electron chi connectivity index (χ0n) is 10.9. The van der Waals surface area contributed by atoms with Crippen LogP contribution < -0.4 is 5.73 Å². The van der Waals surface area contributed by atoms with Crippen molar-refractivity contribution in [1.82, 2.24) is 4.90 Å². The van der Waals surface area contributed by atoms with Crippen molar-refractivity contribution in [3.8, 4) is 0 Å². The summed E-state index contributed by atoms with van der Waals surface area (Å²) in [5, 5.41) is 0. The van der Waals surface area contributed by atoms with Crippen molar-refractivity contribution in [2.75, 3.05) is 13.6 Å². The fraction of sp³-hybridized carbons (Fsp3) is 1.00. The van der Waals surface area contributed by atoms with Crippen LogP contribution in [0.2, 0.25) is 0 Å². The fourth-order valence-electron chi connectivity index (χ4n) is 2.57. The van der Waals surface area contributed by atoms with Gasteiger partial charge in [-0.05, 0) is 38.6 Å². The fourth-order valence-corrected chi connectivity index (χ4v) is 2.57. The minimum absolute atomic E-state index is 0.313. The van der Waals surface area contributed by atoms with Crippen molar-refractivity contribution in [3.05, 3.63) is 0 Å². The lowest BCUT2D eigenvalue weighted by Gasteiger charge is -2.36. The lowest BCUT2D eigenvalue weighted by atomic mass is 9.86. The van der Waals surface area contributed by atoms with Crippen molar-refractivity contribution in [3.63, 3.8) is 0 Å². The Morgan fingerprint density at radius 3 is 2.53 bits per heavy atom. The third kappa shape index (κ3) is 4.12. The lowest BCUT2D eigenvalue weighted by molar-refractivity contribution is 0.142. The molecule has 4 atom stereocenters. The predicted molar refractivity (Wildman–Crippen MR) is 66.9 cm³/mol. The summed E-state index contributed by atoms with van der Waals surface area (Å²) in [5.41, 5.74) is 5.91. The van der Waals surface area contributed by atoms with Crippen molar-refractivity contribution in [1.29, 1.82) is 0 Å². The van der Waals surface area contributed by atoms with Gasteiger partial charge in [-0.15, -0.1) is 0 Å². The molecule has 15 heavy (non-hydrogen) atoms. The van der Waals surface area contributed by atoms with Gasteiger partial charge in [-0.1, -0.05) is 26.7 Å². The number of hydrogen-bond acceptors (Lipinski definition) is 2. The van der Waals surface area contributed by atoms with Crippen LogP contribution >= 0.6 is 0 Å². The first-order chi connectivity index (χ1) is 7.00. The van der Waals surface area contributed by atoms with Gasteiger partial charge in [0.15, 0.2) is 0 Å². The summed E-state index contributed by atoms with van der Waals surface area (Å²) in [5.74, 6) is 1.52. The molecular weight excluding hydrogens is 184 g/mol. The maximum absolute atomic E-state index is 5.91. The van der Waals surface area contributed by atoms with Crippen molar-refractivity contribution in [2.45, 2.75) is 58.5 Å². The SMILES string of the molecule is CC1CCCC(N(C)CC(C)C(C)N)C1. The van der Waals surface area contributed by atoms with Crippen LogP contribution in [0.3, 0.4) is 0 Å². The van der Waals surface area contributed by atoms with Gasteiger partial charge in [0, 0.05) is 18.6 Å². The Kier molecular flexibility index (Phi) is 5.07. The minimum Gasteiger partial charge on any atom is -0.328 e. The van der Waals surface area contributed by atoms with E-state index in [2.05, 4.69) is 32.7 Å². The number of nitrogens with two attached hydrogens (primary N) is 1. The Morgan fingerprint density at radius 2 is 2.00 bits per heavy atom. The summed E-state index contributed by atoms with van der Waals surface area (Å²) in [6.45, 7) is 7.90. The first kappa shape index (κ1) is 13.0. The Hall–Kier alpha value is -0.0800. The van der Waals surface area contributed by atoms with E-state index in [1.165, 1.54) is 25.7 Å². The van der Waals surface area contributed by atoms with Gasteiger partial charge in [0.2, 0.25) is 0 Å². The average molecular weight is 212 g/mol. The van der Waals surface area contributed by atoms with Gasteiger partial charge >= 0.3 is 0 Å². The quantitative estimate of drug-likeness (QED) is 0.776. The summed E-state index contributed by atoms with van der Waals surface area (Å²) in [4.78, 5) is 2.53. The Balaban J connectivity index is 2.35. The summed E-state index contributed by atoms with van der Waals surface area (Å²) < 4.78 is 0. The van der Waals surface area contributed by atoms with Crippen LogP contribution in [0, 0.1) is 11.8 Å². The molecule has 0 saturated heterocycles. The molecule has 0 amide bonds.